The summed E-state index contributed by atoms with van der Waals surface area (Å²) < 4.78 is 19.6. The third-order valence-corrected chi connectivity index (χ3v) is 6.40. The summed E-state index contributed by atoms with van der Waals surface area (Å²) in [5.74, 6) is 0.690. The zero-order valence-corrected chi connectivity index (χ0v) is 19.7. The van der Waals surface area contributed by atoms with Crippen LogP contribution in [0.25, 0.3) is 11.5 Å². The third-order valence-electron chi connectivity index (χ3n) is 6.40. The molecule has 0 spiro atoms. The van der Waals surface area contributed by atoms with Gasteiger partial charge in [-0.2, -0.15) is 0 Å². The summed E-state index contributed by atoms with van der Waals surface area (Å²) in [7, 11) is 0. The molecular weight excluding hydrogens is 441 g/mol. The summed E-state index contributed by atoms with van der Waals surface area (Å²) >= 11 is 0. The van der Waals surface area contributed by atoms with Crippen molar-refractivity contribution in [2.45, 2.75) is 12.5 Å². The van der Waals surface area contributed by atoms with Crippen LogP contribution in [-0.2, 0) is 0 Å². The number of rotatable bonds is 9. The number of hydrogen-bond acceptors (Lipinski definition) is 6. The number of piperazine rings is 1. The largest absolute Gasteiger partial charge is 0.419 e. The van der Waals surface area contributed by atoms with Crippen molar-refractivity contribution in [1.82, 2.24) is 20.4 Å². The second-order valence-electron chi connectivity index (χ2n) is 8.77. The van der Waals surface area contributed by atoms with Gasteiger partial charge in [-0.15, -0.1) is 10.2 Å². The van der Waals surface area contributed by atoms with Crippen LogP contribution < -0.4 is 10.2 Å². The first-order valence-corrected chi connectivity index (χ1v) is 12.2. The van der Waals surface area contributed by atoms with Gasteiger partial charge in [0.25, 0.3) is 0 Å². The van der Waals surface area contributed by atoms with Crippen LogP contribution in [-0.4, -0.2) is 54.4 Å². The fourth-order valence-corrected chi connectivity index (χ4v) is 4.47. The molecule has 1 atom stereocenters. The maximum atomic E-state index is 13.5. The molecule has 7 heteroatoms. The summed E-state index contributed by atoms with van der Waals surface area (Å²) in [6.45, 7) is 6.00. The predicted molar refractivity (Wildman–Crippen MR) is 136 cm³/mol. The lowest BCUT2D eigenvalue weighted by Gasteiger charge is -2.36. The molecule has 1 aliphatic rings. The monoisotopic (exact) mass is 471 g/mol. The maximum absolute atomic E-state index is 13.5. The molecule has 0 aliphatic carbocycles. The highest BCUT2D eigenvalue weighted by Gasteiger charge is 2.22. The average molecular weight is 472 g/mol. The molecule has 0 bridgehead atoms. The lowest BCUT2D eigenvalue weighted by molar-refractivity contribution is 0.252. The van der Waals surface area contributed by atoms with E-state index < -0.39 is 0 Å². The van der Waals surface area contributed by atoms with Crippen LogP contribution >= 0.6 is 0 Å². The Morgan fingerprint density at radius 3 is 2.23 bits per heavy atom. The molecule has 4 aromatic rings. The Bertz CT molecular complexity index is 1170. The van der Waals surface area contributed by atoms with E-state index in [1.807, 2.05) is 30.3 Å². The molecule has 2 heterocycles. The first kappa shape index (κ1) is 23.2. The second-order valence-corrected chi connectivity index (χ2v) is 8.77. The minimum atomic E-state index is -0.296. The number of nitrogens with one attached hydrogen (secondary N) is 1. The summed E-state index contributed by atoms with van der Waals surface area (Å²) in [5.41, 5.74) is 3.07. The molecule has 1 aromatic heterocycles. The zero-order valence-electron chi connectivity index (χ0n) is 19.7. The number of benzene rings is 3. The lowest BCUT2D eigenvalue weighted by atomic mass is 10.1. The van der Waals surface area contributed by atoms with E-state index in [2.05, 4.69) is 55.6 Å². The normalized spacial score (nSPS) is 15.3. The van der Waals surface area contributed by atoms with Crippen molar-refractivity contribution in [2.24, 2.45) is 0 Å². The topological polar surface area (TPSA) is 57.4 Å². The van der Waals surface area contributed by atoms with Crippen molar-refractivity contribution in [3.05, 3.63) is 102 Å². The van der Waals surface area contributed by atoms with Crippen LogP contribution in [0, 0.1) is 5.82 Å². The molecule has 0 radical (unpaired) electrons. The van der Waals surface area contributed by atoms with E-state index in [1.54, 1.807) is 12.1 Å². The number of anilines is 1. The van der Waals surface area contributed by atoms with Crippen LogP contribution in [0.5, 0.6) is 0 Å². The van der Waals surface area contributed by atoms with Crippen molar-refractivity contribution in [2.75, 3.05) is 44.2 Å². The first-order chi connectivity index (χ1) is 17.3. The van der Waals surface area contributed by atoms with E-state index in [1.165, 1.54) is 17.8 Å². The average Bonchev–Trinajstić information content (AvgIpc) is 3.41. The van der Waals surface area contributed by atoms with Gasteiger partial charge in [-0.25, -0.2) is 4.39 Å². The second kappa shape index (κ2) is 11.3. The Kier molecular flexibility index (Phi) is 7.46. The van der Waals surface area contributed by atoms with Crippen LogP contribution in [0.15, 0.2) is 89.3 Å². The molecule has 5 rings (SSSR count). The SMILES string of the molecule is Fc1ccc([C@H](NCCCN2CCN(c3ccccc3)CC2)c2nnc(-c3ccccc3)o2)cc1. The van der Waals surface area contributed by atoms with E-state index in [-0.39, 0.29) is 11.9 Å². The van der Waals surface area contributed by atoms with Crippen molar-refractivity contribution in [3.8, 4) is 11.5 Å². The van der Waals surface area contributed by atoms with E-state index >= 15 is 0 Å². The lowest BCUT2D eigenvalue weighted by Crippen LogP contribution is -2.47. The molecule has 1 fully saturated rings. The van der Waals surface area contributed by atoms with Gasteiger partial charge in [0, 0.05) is 37.4 Å². The van der Waals surface area contributed by atoms with Gasteiger partial charge in [0.1, 0.15) is 11.9 Å². The number of aromatic nitrogens is 2. The number of hydrogen-bond donors (Lipinski definition) is 1. The van der Waals surface area contributed by atoms with Crippen molar-refractivity contribution in [3.63, 3.8) is 0 Å². The highest BCUT2D eigenvalue weighted by atomic mass is 19.1. The molecule has 1 saturated heterocycles. The molecule has 6 nitrogen and oxygen atoms in total. The molecule has 35 heavy (non-hydrogen) atoms. The minimum absolute atomic E-state index is 0.266. The third kappa shape index (κ3) is 5.93. The summed E-state index contributed by atoms with van der Waals surface area (Å²) in [6.07, 6.45) is 0.989. The minimum Gasteiger partial charge on any atom is -0.419 e. The van der Waals surface area contributed by atoms with Crippen molar-refractivity contribution in [1.29, 1.82) is 0 Å². The van der Waals surface area contributed by atoms with Gasteiger partial charge in [-0.05, 0) is 61.5 Å². The summed E-state index contributed by atoms with van der Waals surface area (Å²) in [4.78, 5) is 4.95. The molecule has 3 aromatic carbocycles. The Morgan fingerprint density at radius 2 is 1.51 bits per heavy atom. The molecule has 180 valence electrons. The Labute approximate surface area is 205 Å². The van der Waals surface area contributed by atoms with Gasteiger partial charge in [-0.3, -0.25) is 4.90 Å². The molecular formula is C28H30FN5O. The van der Waals surface area contributed by atoms with Crippen LogP contribution in [0.3, 0.4) is 0 Å². The fourth-order valence-electron chi connectivity index (χ4n) is 4.47. The smallest absolute Gasteiger partial charge is 0.247 e. The van der Waals surface area contributed by atoms with Gasteiger partial charge in [0.05, 0.1) is 0 Å². The number of halogens is 1. The summed E-state index contributed by atoms with van der Waals surface area (Å²) in [5, 5.41) is 12.1. The van der Waals surface area contributed by atoms with Gasteiger partial charge < -0.3 is 14.6 Å². The highest BCUT2D eigenvalue weighted by Crippen LogP contribution is 2.25. The number of nitrogens with zero attached hydrogens (tertiary/aromatic N) is 4. The predicted octanol–water partition coefficient (Wildman–Crippen LogP) is 4.77. The molecule has 1 N–H and O–H groups in total. The quantitative estimate of drug-likeness (QED) is 0.355. The van der Waals surface area contributed by atoms with Gasteiger partial charge in [0.2, 0.25) is 11.8 Å². The van der Waals surface area contributed by atoms with Gasteiger partial charge >= 0.3 is 0 Å². The molecule has 0 saturated carbocycles. The van der Waals surface area contributed by atoms with Crippen LogP contribution in [0.2, 0.25) is 0 Å². The highest BCUT2D eigenvalue weighted by molar-refractivity contribution is 5.52. The van der Waals surface area contributed by atoms with Gasteiger partial charge in [0.15, 0.2) is 0 Å². The first-order valence-electron chi connectivity index (χ1n) is 12.2. The van der Waals surface area contributed by atoms with Crippen LogP contribution in [0.4, 0.5) is 10.1 Å². The fraction of sp³-hybridized carbons (Fsp3) is 0.286. The Balaban J connectivity index is 1.18. The zero-order chi connectivity index (χ0) is 23.9. The standard InChI is InChI=1S/C28H30FN5O/c29-24-14-12-22(13-15-24)26(28-32-31-27(35-28)23-8-3-1-4-9-23)30-16-7-17-33-18-20-34(21-19-33)25-10-5-2-6-11-25/h1-6,8-15,26,30H,7,16-21H2/t26-/m0/s1. The van der Waals surface area contributed by atoms with E-state index in [9.17, 15) is 4.39 Å². The van der Waals surface area contributed by atoms with Crippen molar-refractivity contribution < 1.29 is 8.81 Å². The molecule has 0 amide bonds. The molecule has 0 unspecified atom stereocenters. The van der Waals surface area contributed by atoms with Crippen molar-refractivity contribution >= 4 is 5.69 Å². The van der Waals surface area contributed by atoms with E-state index in [4.69, 9.17) is 4.42 Å². The maximum Gasteiger partial charge on any atom is 0.247 e. The summed E-state index contributed by atoms with van der Waals surface area (Å²) in [6, 6.07) is 26.5. The van der Waals surface area contributed by atoms with Crippen LogP contribution in [0.1, 0.15) is 23.9 Å². The van der Waals surface area contributed by atoms with E-state index in [0.717, 1.165) is 56.8 Å². The number of para-hydroxylation sites is 1. The Hall–Kier alpha value is -3.55. The van der Waals surface area contributed by atoms with E-state index in [0.29, 0.717) is 11.8 Å². The van der Waals surface area contributed by atoms with Gasteiger partial charge in [-0.1, -0.05) is 48.5 Å². The Morgan fingerprint density at radius 1 is 0.829 bits per heavy atom. The molecule has 1 aliphatic heterocycles.